The van der Waals surface area contributed by atoms with E-state index in [2.05, 4.69) is 98.6 Å². The molecule has 2 nitrogen and oxygen atoms in total. The molecule has 0 aliphatic heterocycles. The first-order valence-electron chi connectivity index (χ1n) is 12.2. The zero-order chi connectivity index (χ0) is 27.3. The minimum absolute atomic E-state index is 0.496. The standard InChI is InChI=1S/C18H40B10O2Si4/c1-16(2)13-31(5,6)29-33(9,10)15-24-27(22)18(26(20)21,28(23)25-19)34(11,12)30-32(7,8)14-17(3)4/h13-14H,15H2,1-12H3. The normalized spacial score (nSPS) is 14.5. The van der Waals surface area contributed by atoms with Crippen LogP contribution >= 0.6 is 0 Å². The Kier molecular flexibility index (Phi) is 13.5. The average molecular weight is 509 g/mol. The molecule has 0 rings (SSSR count). The summed E-state index contributed by atoms with van der Waals surface area (Å²) in [5.41, 5.74) is 7.04. The Bertz CT molecular complexity index is 726. The van der Waals surface area contributed by atoms with Crippen LogP contribution in [0.2, 0.25) is 63.1 Å². The summed E-state index contributed by atoms with van der Waals surface area (Å²) in [6, 6.07) is 0. The van der Waals surface area contributed by atoms with Gasteiger partial charge in [-0.3, -0.25) is 0 Å². The Hall–Kier alpha value is 0.917. The van der Waals surface area contributed by atoms with Crippen molar-refractivity contribution >= 4 is 106 Å². The SMILES string of the molecule is [B][B]B([B])C(B([B])[B])(B([B])[B]C[Si](C)(C)O[Si](C)(C)C=C(C)C)[Si](C)(C)O[Si](C)(C)C=C(C)C. The van der Waals surface area contributed by atoms with Crippen molar-refractivity contribution in [3.8, 4) is 0 Å². The molecule has 1 unspecified atom stereocenters. The fourth-order valence-electron chi connectivity index (χ4n) is 5.58. The third-order valence-corrected chi connectivity index (χ3v) is 21.4. The maximum Gasteiger partial charge on any atom is 0.198 e. The Balaban J connectivity index is 6.18. The third kappa shape index (κ3) is 10.00. The molecular weight excluding hydrogens is 469 g/mol. The van der Waals surface area contributed by atoms with Crippen molar-refractivity contribution < 1.29 is 8.23 Å². The van der Waals surface area contributed by atoms with Crippen LogP contribution in [0.3, 0.4) is 0 Å². The van der Waals surface area contributed by atoms with Gasteiger partial charge in [-0.15, -0.1) is 4.74 Å². The van der Waals surface area contributed by atoms with E-state index in [9.17, 15) is 0 Å². The lowest BCUT2D eigenvalue weighted by atomic mass is 8.79. The predicted molar refractivity (Wildman–Crippen MR) is 176 cm³/mol. The van der Waals surface area contributed by atoms with E-state index in [-0.39, 0.29) is 0 Å². The van der Waals surface area contributed by atoms with E-state index in [0.29, 0.717) is 0 Å². The van der Waals surface area contributed by atoms with Crippen LogP contribution in [0.5, 0.6) is 0 Å². The molecule has 0 saturated heterocycles. The smallest absolute Gasteiger partial charge is 0.198 e. The van der Waals surface area contributed by atoms with Gasteiger partial charge < -0.3 is 8.23 Å². The predicted octanol–water partition coefficient (Wildman–Crippen LogP) is 2.80. The van der Waals surface area contributed by atoms with Gasteiger partial charge in [0, 0.05) is 65.2 Å². The molecule has 0 aliphatic carbocycles. The molecule has 0 amide bonds. The third-order valence-electron chi connectivity index (χ3n) is 6.10. The maximum absolute atomic E-state index is 6.94. The molecule has 0 fully saturated rings. The van der Waals surface area contributed by atoms with Crippen LogP contribution in [-0.4, -0.2) is 106 Å². The number of hydrogen-bond donors (Lipinski definition) is 0. The molecule has 170 valence electrons. The summed E-state index contributed by atoms with van der Waals surface area (Å²) in [5, 5.41) is 0. The van der Waals surface area contributed by atoms with Crippen molar-refractivity contribution in [2.75, 3.05) is 0 Å². The highest BCUT2D eigenvalue weighted by molar-refractivity contribution is 7.65. The molecule has 1 atom stereocenters. The van der Waals surface area contributed by atoms with E-state index in [1.54, 1.807) is 0 Å². The summed E-state index contributed by atoms with van der Waals surface area (Å²) < 4.78 is 12.8. The molecule has 0 bridgehead atoms. The second kappa shape index (κ2) is 13.1. The Morgan fingerprint density at radius 1 is 0.765 bits per heavy atom. The maximum atomic E-state index is 6.94. The summed E-state index contributed by atoms with van der Waals surface area (Å²) in [7, 11) is 27.3. The van der Waals surface area contributed by atoms with Crippen LogP contribution in [0.15, 0.2) is 22.5 Å². The zero-order valence-corrected chi connectivity index (χ0v) is 28.0. The van der Waals surface area contributed by atoms with Crippen LogP contribution in [0.25, 0.3) is 0 Å². The first-order chi connectivity index (χ1) is 15.0. The minimum Gasteiger partial charge on any atom is -0.454 e. The van der Waals surface area contributed by atoms with E-state index >= 15 is 0 Å². The van der Waals surface area contributed by atoms with Gasteiger partial charge in [-0.05, 0) is 80.1 Å². The van der Waals surface area contributed by atoms with Crippen molar-refractivity contribution in [3.05, 3.63) is 22.5 Å². The van der Waals surface area contributed by atoms with Gasteiger partial charge in [0.15, 0.2) is 33.3 Å². The van der Waals surface area contributed by atoms with Gasteiger partial charge >= 0.3 is 0 Å². The lowest BCUT2D eigenvalue weighted by Gasteiger charge is -2.58. The molecule has 0 heterocycles. The van der Waals surface area contributed by atoms with Crippen molar-refractivity contribution in [2.45, 2.75) is 90.8 Å². The van der Waals surface area contributed by atoms with Crippen molar-refractivity contribution in [1.29, 1.82) is 0 Å². The lowest BCUT2D eigenvalue weighted by molar-refractivity contribution is 0.552. The second-order valence-corrected chi connectivity index (χ2v) is 28.7. The molecule has 0 aliphatic rings. The highest BCUT2D eigenvalue weighted by Gasteiger charge is 2.56. The van der Waals surface area contributed by atoms with Crippen molar-refractivity contribution in [1.82, 2.24) is 0 Å². The second-order valence-electron chi connectivity index (χ2n) is 12.3. The van der Waals surface area contributed by atoms with Crippen LogP contribution < -0.4 is 0 Å². The molecule has 0 aromatic heterocycles. The number of rotatable bonds is 14. The summed E-state index contributed by atoms with van der Waals surface area (Å²) >= 11 is 0. The van der Waals surface area contributed by atoms with Crippen LogP contribution in [0, 0.1) is 0 Å². The highest BCUT2D eigenvalue weighted by Crippen LogP contribution is 2.44. The Morgan fingerprint density at radius 3 is 1.53 bits per heavy atom. The van der Waals surface area contributed by atoms with Crippen molar-refractivity contribution in [3.63, 3.8) is 0 Å². The summed E-state index contributed by atoms with van der Waals surface area (Å²) in [6.07, 6.45) is 0. The largest absolute Gasteiger partial charge is 0.454 e. The average Bonchev–Trinajstić information content (AvgIpc) is 2.54. The Morgan fingerprint density at radius 2 is 1.18 bits per heavy atom. The van der Waals surface area contributed by atoms with E-state index in [4.69, 9.17) is 46.9 Å². The molecule has 0 spiro atoms. The molecular formula is C18H40B10O2Si4. The van der Waals surface area contributed by atoms with Gasteiger partial charge in [-0.25, -0.2) is 0 Å². The van der Waals surface area contributed by atoms with Gasteiger partial charge in [0.1, 0.15) is 0 Å². The highest BCUT2D eigenvalue weighted by atomic mass is 28.4. The molecule has 0 saturated carbocycles. The number of hydrogen-bond acceptors (Lipinski definition) is 2. The molecule has 12 radical (unpaired) electrons. The first-order valence-corrected chi connectivity index (χ1v) is 24.2. The quantitative estimate of drug-likeness (QED) is 0.336. The van der Waals surface area contributed by atoms with Gasteiger partial charge in [0.2, 0.25) is 0 Å². The molecule has 0 N–H and O–H groups in total. The Labute approximate surface area is 226 Å². The van der Waals surface area contributed by atoms with Gasteiger partial charge in [0.05, 0.1) is 7.17 Å². The first kappa shape index (κ1) is 34.9. The number of allylic oxidation sites excluding steroid dienone is 2. The fourth-order valence-corrected chi connectivity index (χ4v) is 24.3. The van der Waals surface area contributed by atoms with Crippen molar-refractivity contribution in [2.24, 2.45) is 0 Å². The summed E-state index contributed by atoms with van der Waals surface area (Å²) in [5.74, 6) is 0.756. The molecule has 16 heteroatoms. The molecule has 34 heavy (non-hydrogen) atoms. The van der Waals surface area contributed by atoms with E-state index in [1.165, 1.54) is 18.2 Å². The van der Waals surface area contributed by atoms with E-state index in [0.717, 1.165) is 5.94 Å². The fraction of sp³-hybridized carbons (Fsp3) is 0.778. The van der Waals surface area contributed by atoms with Crippen LogP contribution in [0.4, 0.5) is 0 Å². The monoisotopic (exact) mass is 510 g/mol. The van der Waals surface area contributed by atoms with Crippen LogP contribution in [0.1, 0.15) is 27.7 Å². The molecule has 0 aromatic carbocycles. The van der Waals surface area contributed by atoms with Gasteiger partial charge in [-0.1, -0.05) is 28.5 Å². The van der Waals surface area contributed by atoms with E-state index in [1.807, 2.05) is 0 Å². The summed E-state index contributed by atoms with van der Waals surface area (Å²) in [6.45, 7) is 24.0. The topological polar surface area (TPSA) is 18.5 Å². The van der Waals surface area contributed by atoms with Gasteiger partial charge in [-0.2, -0.15) is 0 Å². The van der Waals surface area contributed by atoms with Gasteiger partial charge in [0.25, 0.3) is 0 Å². The zero-order valence-electron chi connectivity index (χ0n) is 24.0. The summed E-state index contributed by atoms with van der Waals surface area (Å²) in [4.78, 5) is 0. The molecule has 0 aromatic rings. The minimum atomic E-state index is -2.71. The van der Waals surface area contributed by atoms with Crippen LogP contribution in [-0.2, 0) is 8.23 Å². The lowest BCUT2D eigenvalue weighted by Crippen LogP contribution is -2.74. The van der Waals surface area contributed by atoms with E-state index < -0.39 is 57.5 Å².